The lowest BCUT2D eigenvalue weighted by Gasteiger charge is -2.19. The standard InChI is InChI=1S/C14H16O2/c1-3-4-10-13(14(15)16)11(2)12-8-6-5-7-9-12/h1,5-9,11,13H,4,10H2,2H3,(H,15,16)/t11-,13-/m1/s1. The number of aliphatic carboxylic acids is 1. The van der Waals surface area contributed by atoms with E-state index in [9.17, 15) is 4.79 Å². The first-order valence-electron chi connectivity index (χ1n) is 5.38. The van der Waals surface area contributed by atoms with Crippen LogP contribution in [0.15, 0.2) is 30.3 Å². The molecule has 1 N–H and O–H groups in total. The Morgan fingerprint density at radius 3 is 2.56 bits per heavy atom. The minimum atomic E-state index is -0.772. The van der Waals surface area contributed by atoms with Crippen LogP contribution in [0.3, 0.4) is 0 Å². The normalized spacial score (nSPS) is 13.8. The van der Waals surface area contributed by atoms with Crippen molar-refractivity contribution >= 4 is 5.97 Å². The van der Waals surface area contributed by atoms with Crippen molar-refractivity contribution in [2.45, 2.75) is 25.7 Å². The highest BCUT2D eigenvalue weighted by molar-refractivity contribution is 5.71. The first kappa shape index (κ1) is 12.3. The van der Waals surface area contributed by atoms with Crippen LogP contribution in [0.2, 0.25) is 0 Å². The lowest BCUT2D eigenvalue weighted by atomic mass is 9.85. The Kier molecular flexibility index (Phi) is 4.60. The largest absolute Gasteiger partial charge is 0.481 e. The number of carboxylic acid groups (broad SMARTS) is 1. The first-order chi connectivity index (χ1) is 7.66. The highest BCUT2D eigenvalue weighted by Crippen LogP contribution is 2.27. The van der Waals surface area contributed by atoms with Gasteiger partial charge in [-0.2, -0.15) is 0 Å². The Hall–Kier alpha value is -1.75. The third-order valence-corrected chi connectivity index (χ3v) is 2.85. The van der Waals surface area contributed by atoms with Gasteiger partial charge in [0, 0.05) is 6.42 Å². The molecule has 0 spiro atoms. The van der Waals surface area contributed by atoms with Crippen molar-refractivity contribution in [1.29, 1.82) is 0 Å². The quantitative estimate of drug-likeness (QED) is 0.768. The average molecular weight is 216 g/mol. The van der Waals surface area contributed by atoms with Crippen molar-refractivity contribution in [3.8, 4) is 12.3 Å². The lowest BCUT2D eigenvalue weighted by molar-refractivity contribution is -0.142. The Morgan fingerprint density at radius 1 is 1.44 bits per heavy atom. The monoisotopic (exact) mass is 216 g/mol. The van der Waals surface area contributed by atoms with Gasteiger partial charge in [0.2, 0.25) is 0 Å². The predicted molar refractivity (Wildman–Crippen MR) is 64.0 cm³/mol. The fourth-order valence-corrected chi connectivity index (χ4v) is 1.82. The van der Waals surface area contributed by atoms with Gasteiger partial charge in [-0.25, -0.2) is 0 Å². The molecule has 0 unspecified atom stereocenters. The summed E-state index contributed by atoms with van der Waals surface area (Å²) in [5.41, 5.74) is 1.05. The molecule has 0 bridgehead atoms. The van der Waals surface area contributed by atoms with Crippen molar-refractivity contribution in [2.24, 2.45) is 5.92 Å². The minimum absolute atomic E-state index is 0.00736. The van der Waals surface area contributed by atoms with Crippen LogP contribution < -0.4 is 0 Å². The number of carboxylic acids is 1. The van der Waals surface area contributed by atoms with E-state index in [-0.39, 0.29) is 5.92 Å². The highest BCUT2D eigenvalue weighted by Gasteiger charge is 2.24. The second kappa shape index (κ2) is 5.97. The van der Waals surface area contributed by atoms with Crippen LogP contribution in [-0.4, -0.2) is 11.1 Å². The average Bonchev–Trinajstić information content (AvgIpc) is 2.30. The molecule has 0 radical (unpaired) electrons. The van der Waals surface area contributed by atoms with Gasteiger partial charge in [-0.3, -0.25) is 4.79 Å². The molecule has 16 heavy (non-hydrogen) atoms. The molecular weight excluding hydrogens is 200 g/mol. The molecule has 0 heterocycles. The third kappa shape index (κ3) is 3.13. The number of hydrogen-bond donors (Lipinski definition) is 1. The third-order valence-electron chi connectivity index (χ3n) is 2.85. The lowest BCUT2D eigenvalue weighted by Crippen LogP contribution is -2.20. The zero-order valence-electron chi connectivity index (χ0n) is 9.39. The second-order valence-corrected chi connectivity index (χ2v) is 3.89. The van der Waals surface area contributed by atoms with Gasteiger partial charge >= 0.3 is 5.97 Å². The maximum Gasteiger partial charge on any atom is 0.307 e. The molecule has 0 amide bonds. The van der Waals surface area contributed by atoms with E-state index >= 15 is 0 Å². The van der Waals surface area contributed by atoms with Crippen LogP contribution in [0, 0.1) is 18.3 Å². The fraction of sp³-hybridized carbons (Fsp3) is 0.357. The number of hydrogen-bond acceptors (Lipinski definition) is 1. The summed E-state index contributed by atoms with van der Waals surface area (Å²) < 4.78 is 0. The van der Waals surface area contributed by atoms with E-state index in [4.69, 9.17) is 11.5 Å². The van der Waals surface area contributed by atoms with E-state index in [2.05, 4.69) is 5.92 Å². The summed E-state index contributed by atoms with van der Waals surface area (Å²) in [6, 6.07) is 9.68. The summed E-state index contributed by atoms with van der Waals surface area (Å²) in [5.74, 6) is 1.31. The maximum absolute atomic E-state index is 11.2. The Bertz CT molecular complexity index is 375. The number of rotatable bonds is 5. The summed E-state index contributed by atoms with van der Waals surface area (Å²) in [6.45, 7) is 1.94. The summed E-state index contributed by atoms with van der Waals surface area (Å²) in [5, 5.41) is 9.16. The smallest absolute Gasteiger partial charge is 0.307 e. The molecule has 1 aromatic rings. The highest BCUT2D eigenvalue weighted by atomic mass is 16.4. The second-order valence-electron chi connectivity index (χ2n) is 3.89. The van der Waals surface area contributed by atoms with E-state index in [1.165, 1.54) is 0 Å². The van der Waals surface area contributed by atoms with Gasteiger partial charge < -0.3 is 5.11 Å². The van der Waals surface area contributed by atoms with Gasteiger partial charge in [0.25, 0.3) is 0 Å². The van der Waals surface area contributed by atoms with Gasteiger partial charge in [0.15, 0.2) is 0 Å². The minimum Gasteiger partial charge on any atom is -0.481 e. The van der Waals surface area contributed by atoms with Gasteiger partial charge in [-0.1, -0.05) is 37.3 Å². The van der Waals surface area contributed by atoms with Gasteiger partial charge in [-0.15, -0.1) is 12.3 Å². The SMILES string of the molecule is C#CCC[C@@H](C(=O)O)[C@H](C)c1ccccc1. The van der Waals surface area contributed by atoms with Crippen molar-refractivity contribution in [2.75, 3.05) is 0 Å². The van der Waals surface area contributed by atoms with E-state index in [0.717, 1.165) is 5.56 Å². The van der Waals surface area contributed by atoms with Crippen molar-refractivity contribution in [1.82, 2.24) is 0 Å². The Balaban J connectivity index is 2.79. The van der Waals surface area contributed by atoms with Crippen LogP contribution in [-0.2, 0) is 4.79 Å². The maximum atomic E-state index is 11.2. The molecule has 2 heteroatoms. The fourth-order valence-electron chi connectivity index (χ4n) is 1.82. The molecule has 0 saturated carbocycles. The summed E-state index contributed by atoms with van der Waals surface area (Å²) in [6.07, 6.45) is 6.21. The van der Waals surface area contributed by atoms with E-state index in [0.29, 0.717) is 12.8 Å². The van der Waals surface area contributed by atoms with E-state index < -0.39 is 11.9 Å². The molecule has 0 aliphatic rings. The van der Waals surface area contributed by atoms with Crippen molar-refractivity contribution < 1.29 is 9.90 Å². The predicted octanol–water partition coefficient (Wildman–Crippen LogP) is 2.90. The molecular formula is C14H16O2. The van der Waals surface area contributed by atoms with Crippen molar-refractivity contribution in [3.05, 3.63) is 35.9 Å². The summed E-state index contributed by atoms with van der Waals surface area (Å²) >= 11 is 0. The van der Waals surface area contributed by atoms with Crippen LogP contribution in [0.4, 0.5) is 0 Å². The van der Waals surface area contributed by atoms with Crippen LogP contribution in [0.1, 0.15) is 31.2 Å². The van der Waals surface area contributed by atoms with Crippen LogP contribution >= 0.6 is 0 Å². The summed E-state index contributed by atoms with van der Waals surface area (Å²) in [7, 11) is 0. The molecule has 1 aromatic carbocycles. The zero-order chi connectivity index (χ0) is 12.0. The first-order valence-corrected chi connectivity index (χ1v) is 5.38. The van der Waals surface area contributed by atoms with Gasteiger partial charge in [0.05, 0.1) is 5.92 Å². The molecule has 84 valence electrons. The van der Waals surface area contributed by atoms with Gasteiger partial charge in [0.1, 0.15) is 0 Å². The Labute approximate surface area is 96.3 Å². The van der Waals surface area contributed by atoms with Gasteiger partial charge in [-0.05, 0) is 17.9 Å². The molecule has 2 nitrogen and oxygen atoms in total. The Morgan fingerprint density at radius 2 is 2.06 bits per heavy atom. The molecule has 2 atom stereocenters. The van der Waals surface area contributed by atoms with Crippen LogP contribution in [0.5, 0.6) is 0 Å². The molecule has 1 rings (SSSR count). The molecule has 0 aliphatic carbocycles. The number of carbonyl (C=O) groups is 1. The molecule has 0 aliphatic heterocycles. The van der Waals surface area contributed by atoms with Crippen molar-refractivity contribution in [3.63, 3.8) is 0 Å². The molecule has 0 aromatic heterocycles. The topological polar surface area (TPSA) is 37.3 Å². The zero-order valence-corrected chi connectivity index (χ0v) is 9.39. The van der Waals surface area contributed by atoms with E-state index in [1.54, 1.807) is 0 Å². The van der Waals surface area contributed by atoms with E-state index in [1.807, 2.05) is 37.3 Å². The molecule has 0 fully saturated rings. The molecule has 0 saturated heterocycles. The van der Waals surface area contributed by atoms with Crippen LogP contribution in [0.25, 0.3) is 0 Å². The number of benzene rings is 1. The summed E-state index contributed by atoms with van der Waals surface area (Å²) in [4.78, 5) is 11.2. The number of terminal acetylenes is 1.